The molecule has 0 saturated carbocycles. The van der Waals surface area contributed by atoms with Crippen molar-refractivity contribution in [3.05, 3.63) is 82.9 Å². The molecule has 0 bridgehead atoms. The van der Waals surface area contributed by atoms with Crippen molar-refractivity contribution in [2.45, 2.75) is 18.2 Å². The summed E-state index contributed by atoms with van der Waals surface area (Å²) < 4.78 is 33.4. The number of rotatable bonds is 6. The van der Waals surface area contributed by atoms with Crippen LogP contribution in [0.25, 0.3) is 0 Å². The normalized spacial score (nSPS) is 13.0. The summed E-state index contributed by atoms with van der Waals surface area (Å²) in [4.78, 5) is 12.4. The fourth-order valence-corrected chi connectivity index (χ4v) is 5.29. The highest BCUT2D eigenvalue weighted by molar-refractivity contribution is 7.92. The van der Waals surface area contributed by atoms with Crippen molar-refractivity contribution >= 4 is 38.9 Å². The Morgan fingerprint density at radius 1 is 1.10 bits per heavy atom. The maximum Gasteiger partial charge on any atom is 0.264 e. The van der Waals surface area contributed by atoms with Crippen molar-refractivity contribution in [1.29, 1.82) is 0 Å². The molecular formula is C23H21ClN2O4S. The van der Waals surface area contributed by atoms with E-state index in [2.05, 4.69) is 5.32 Å². The van der Waals surface area contributed by atoms with Crippen molar-refractivity contribution in [3.8, 4) is 5.75 Å². The van der Waals surface area contributed by atoms with E-state index in [9.17, 15) is 13.2 Å². The van der Waals surface area contributed by atoms with Gasteiger partial charge in [-0.2, -0.15) is 0 Å². The lowest BCUT2D eigenvalue weighted by atomic mass is 10.2. The Hall–Kier alpha value is -3.03. The predicted octanol–water partition coefficient (Wildman–Crippen LogP) is 4.42. The molecule has 0 aliphatic carbocycles. The highest BCUT2D eigenvalue weighted by Gasteiger charge is 2.30. The van der Waals surface area contributed by atoms with Gasteiger partial charge >= 0.3 is 0 Å². The number of amides is 1. The number of carbonyl (C=O) groups is 1. The number of halogens is 1. The van der Waals surface area contributed by atoms with Gasteiger partial charge in [-0.05, 0) is 60.9 Å². The molecule has 3 aromatic rings. The molecule has 3 aromatic carbocycles. The zero-order valence-electron chi connectivity index (χ0n) is 16.8. The molecule has 31 heavy (non-hydrogen) atoms. The smallest absolute Gasteiger partial charge is 0.264 e. The van der Waals surface area contributed by atoms with Crippen LogP contribution in [0.1, 0.15) is 11.1 Å². The van der Waals surface area contributed by atoms with Crippen LogP contribution in [0.15, 0.2) is 71.6 Å². The summed E-state index contributed by atoms with van der Waals surface area (Å²) in [6, 6.07) is 19.1. The van der Waals surface area contributed by atoms with Gasteiger partial charge in [0.05, 0.1) is 21.3 Å². The number of ether oxygens (including phenoxy) is 1. The van der Waals surface area contributed by atoms with E-state index in [1.807, 2.05) is 24.3 Å². The van der Waals surface area contributed by atoms with Crippen LogP contribution in [0, 0.1) is 6.92 Å². The van der Waals surface area contributed by atoms with E-state index >= 15 is 0 Å². The first-order valence-corrected chi connectivity index (χ1v) is 11.6. The lowest BCUT2D eigenvalue weighted by Crippen LogP contribution is -2.29. The first-order valence-electron chi connectivity index (χ1n) is 9.75. The summed E-state index contributed by atoms with van der Waals surface area (Å²) in [6.45, 7) is 1.94. The van der Waals surface area contributed by atoms with Crippen molar-refractivity contribution in [3.63, 3.8) is 0 Å². The standard InChI is InChI=1S/C23H21ClN2O4S/c1-16-14-18(31(28,29)26-13-12-17-6-2-5-9-21(17)26)10-11-22(16)30-15-23(27)25-20-8-4-3-7-19(20)24/h2-11,14H,12-13,15H2,1H3,(H,25,27). The van der Waals surface area contributed by atoms with Gasteiger partial charge in [0.1, 0.15) is 5.75 Å². The van der Waals surface area contributed by atoms with E-state index in [4.69, 9.17) is 16.3 Å². The first-order chi connectivity index (χ1) is 14.9. The molecule has 0 aromatic heterocycles. The quantitative estimate of drug-likeness (QED) is 0.595. The minimum Gasteiger partial charge on any atom is -0.483 e. The molecule has 8 heteroatoms. The van der Waals surface area contributed by atoms with Crippen molar-refractivity contribution in [1.82, 2.24) is 0 Å². The molecular weight excluding hydrogens is 436 g/mol. The van der Waals surface area contributed by atoms with Gasteiger partial charge in [-0.3, -0.25) is 9.10 Å². The number of hydrogen-bond acceptors (Lipinski definition) is 4. The predicted molar refractivity (Wildman–Crippen MR) is 121 cm³/mol. The average Bonchev–Trinajstić information content (AvgIpc) is 3.19. The molecule has 160 valence electrons. The highest BCUT2D eigenvalue weighted by atomic mass is 35.5. The van der Waals surface area contributed by atoms with Crippen LogP contribution in [0.3, 0.4) is 0 Å². The number of aryl methyl sites for hydroxylation is 1. The second kappa shape index (κ2) is 8.61. The molecule has 1 amide bonds. The number of fused-ring (bicyclic) bond motifs is 1. The Kier molecular flexibility index (Phi) is 5.89. The van der Waals surface area contributed by atoms with Crippen molar-refractivity contribution in [2.24, 2.45) is 0 Å². The molecule has 0 radical (unpaired) electrons. The summed E-state index contributed by atoms with van der Waals surface area (Å²) in [6.07, 6.45) is 0.691. The Balaban J connectivity index is 1.46. The highest BCUT2D eigenvalue weighted by Crippen LogP contribution is 2.33. The molecule has 6 nitrogen and oxygen atoms in total. The van der Waals surface area contributed by atoms with Crippen LogP contribution in [0.5, 0.6) is 5.75 Å². The number of para-hydroxylation sites is 2. The summed E-state index contributed by atoms with van der Waals surface area (Å²) in [5, 5.41) is 3.12. The zero-order valence-corrected chi connectivity index (χ0v) is 18.4. The Bertz CT molecular complexity index is 1240. The van der Waals surface area contributed by atoms with Crippen LogP contribution < -0.4 is 14.4 Å². The fraction of sp³-hybridized carbons (Fsp3) is 0.174. The Morgan fingerprint density at radius 2 is 1.84 bits per heavy atom. The number of carbonyl (C=O) groups excluding carboxylic acids is 1. The second-order valence-electron chi connectivity index (χ2n) is 7.20. The van der Waals surface area contributed by atoms with E-state index < -0.39 is 10.0 Å². The van der Waals surface area contributed by atoms with Gasteiger partial charge in [-0.1, -0.05) is 41.9 Å². The number of sulfonamides is 1. The van der Waals surface area contributed by atoms with Gasteiger partial charge in [0.2, 0.25) is 0 Å². The molecule has 1 N–H and O–H groups in total. The van der Waals surface area contributed by atoms with E-state index in [1.165, 1.54) is 10.4 Å². The van der Waals surface area contributed by atoms with Crippen molar-refractivity contribution in [2.75, 3.05) is 22.8 Å². The largest absolute Gasteiger partial charge is 0.483 e. The van der Waals surface area contributed by atoms with Gasteiger partial charge < -0.3 is 10.1 Å². The van der Waals surface area contributed by atoms with Crippen LogP contribution in [-0.2, 0) is 21.2 Å². The second-order valence-corrected chi connectivity index (χ2v) is 9.47. The molecule has 1 aliphatic heterocycles. The van der Waals surface area contributed by atoms with Gasteiger partial charge in [0.25, 0.3) is 15.9 Å². The van der Waals surface area contributed by atoms with Gasteiger partial charge in [-0.15, -0.1) is 0 Å². The maximum atomic E-state index is 13.2. The zero-order chi connectivity index (χ0) is 22.0. The van der Waals surface area contributed by atoms with Crippen LogP contribution >= 0.6 is 11.6 Å². The summed E-state index contributed by atoms with van der Waals surface area (Å²) >= 11 is 6.04. The average molecular weight is 457 g/mol. The monoisotopic (exact) mass is 456 g/mol. The number of anilines is 2. The third-order valence-electron chi connectivity index (χ3n) is 5.09. The van der Waals surface area contributed by atoms with Gasteiger partial charge in [-0.25, -0.2) is 8.42 Å². The van der Waals surface area contributed by atoms with Gasteiger partial charge in [0.15, 0.2) is 6.61 Å². The van der Waals surface area contributed by atoms with E-state index in [1.54, 1.807) is 43.3 Å². The lowest BCUT2D eigenvalue weighted by Gasteiger charge is -2.20. The molecule has 0 spiro atoms. The fourth-order valence-electron chi connectivity index (χ4n) is 3.52. The minimum absolute atomic E-state index is 0.189. The van der Waals surface area contributed by atoms with Crippen LogP contribution in [0.2, 0.25) is 5.02 Å². The molecule has 0 unspecified atom stereocenters. The minimum atomic E-state index is -3.68. The summed E-state index contributed by atoms with van der Waals surface area (Å²) in [5.41, 5.74) is 2.87. The van der Waals surface area contributed by atoms with Crippen LogP contribution in [-0.4, -0.2) is 27.5 Å². The van der Waals surface area contributed by atoms with Crippen molar-refractivity contribution < 1.29 is 17.9 Å². The maximum absolute atomic E-state index is 13.2. The summed E-state index contributed by atoms with van der Waals surface area (Å²) in [7, 11) is -3.68. The van der Waals surface area contributed by atoms with E-state index in [0.717, 1.165) is 11.3 Å². The summed E-state index contributed by atoms with van der Waals surface area (Å²) in [5.74, 6) is 0.0768. The van der Waals surface area contributed by atoms with E-state index in [-0.39, 0.29) is 17.4 Å². The SMILES string of the molecule is Cc1cc(S(=O)(=O)N2CCc3ccccc32)ccc1OCC(=O)Nc1ccccc1Cl. The topological polar surface area (TPSA) is 75.7 Å². The molecule has 1 aliphatic rings. The Morgan fingerprint density at radius 3 is 2.61 bits per heavy atom. The van der Waals surface area contributed by atoms with Gasteiger partial charge in [0, 0.05) is 6.54 Å². The third kappa shape index (κ3) is 4.38. The third-order valence-corrected chi connectivity index (χ3v) is 7.22. The molecule has 0 saturated heterocycles. The first kappa shape index (κ1) is 21.2. The Labute approximate surface area is 186 Å². The number of benzene rings is 3. The van der Waals surface area contributed by atoms with Crippen LogP contribution in [0.4, 0.5) is 11.4 Å². The number of nitrogens with one attached hydrogen (secondary N) is 1. The molecule has 4 rings (SSSR count). The van der Waals surface area contributed by atoms with E-state index in [0.29, 0.717) is 35.0 Å². The number of hydrogen-bond donors (Lipinski definition) is 1. The molecule has 1 heterocycles. The lowest BCUT2D eigenvalue weighted by molar-refractivity contribution is -0.118. The molecule has 0 atom stereocenters. The molecule has 0 fully saturated rings. The number of nitrogens with zero attached hydrogens (tertiary/aromatic N) is 1.